The summed E-state index contributed by atoms with van der Waals surface area (Å²) in [5, 5.41) is 13.7. The van der Waals surface area contributed by atoms with Crippen molar-refractivity contribution in [3.8, 4) is 17.2 Å². The molecule has 0 aliphatic heterocycles. The number of benzene rings is 4. The van der Waals surface area contributed by atoms with Gasteiger partial charge in [-0.2, -0.15) is 0 Å². The molecule has 0 fully saturated rings. The van der Waals surface area contributed by atoms with E-state index in [1.807, 2.05) is 6.92 Å². The lowest BCUT2D eigenvalue weighted by molar-refractivity contribution is -0.384. The minimum Gasteiger partial charge on any atom is -0.495 e. The Hall–Kier alpha value is -4.90. The molecule has 2 N–H and O–H groups in total. The number of ether oxygens (including phenoxy) is 2. The largest absolute Gasteiger partial charge is 0.495 e. The number of para-hydroxylation sites is 2. The number of aryl methyl sites for hydroxylation is 1. The summed E-state index contributed by atoms with van der Waals surface area (Å²) in [4.78, 5) is 24.0. The molecule has 0 heterocycles. The van der Waals surface area contributed by atoms with Crippen LogP contribution in [0.15, 0.2) is 95.9 Å². The average molecular weight is 534 g/mol. The van der Waals surface area contributed by atoms with Crippen molar-refractivity contribution in [2.45, 2.75) is 11.8 Å². The Bertz CT molecular complexity index is 1590. The lowest BCUT2D eigenvalue weighted by atomic mass is 10.1. The van der Waals surface area contributed by atoms with Crippen LogP contribution >= 0.6 is 0 Å². The van der Waals surface area contributed by atoms with Gasteiger partial charge in [0.2, 0.25) is 0 Å². The van der Waals surface area contributed by atoms with E-state index in [1.165, 1.54) is 61.7 Å². The molecule has 4 rings (SSSR count). The van der Waals surface area contributed by atoms with Crippen LogP contribution in [0.3, 0.4) is 0 Å². The second kappa shape index (κ2) is 11.0. The van der Waals surface area contributed by atoms with Crippen molar-refractivity contribution in [3.05, 3.63) is 112 Å². The smallest absolute Gasteiger partial charge is 0.269 e. The van der Waals surface area contributed by atoms with E-state index in [0.29, 0.717) is 11.4 Å². The lowest BCUT2D eigenvalue weighted by Crippen LogP contribution is -2.19. The van der Waals surface area contributed by atoms with Crippen molar-refractivity contribution >= 4 is 33.0 Å². The highest BCUT2D eigenvalue weighted by atomic mass is 32.2. The number of nitro benzene ring substituents is 1. The quantitative estimate of drug-likeness (QED) is 0.206. The van der Waals surface area contributed by atoms with Gasteiger partial charge in [0.15, 0.2) is 0 Å². The van der Waals surface area contributed by atoms with Gasteiger partial charge in [0.25, 0.3) is 21.6 Å². The maximum absolute atomic E-state index is 13.6. The molecule has 10 nitrogen and oxygen atoms in total. The van der Waals surface area contributed by atoms with Crippen LogP contribution in [0.4, 0.5) is 17.1 Å². The third-order valence-electron chi connectivity index (χ3n) is 5.46. The van der Waals surface area contributed by atoms with Crippen LogP contribution in [0.25, 0.3) is 0 Å². The summed E-state index contributed by atoms with van der Waals surface area (Å²) in [6.45, 7) is 1.84. The predicted molar refractivity (Wildman–Crippen MR) is 143 cm³/mol. The molecule has 194 valence electrons. The van der Waals surface area contributed by atoms with E-state index < -0.39 is 20.9 Å². The third-order valence-corrected chi connectivity index (χ3v) is 6.84. The first-order valence-corrected chi connectivity index (χ1v) is 12.8. The molecule has 38 heavy (non-hydrogen) atoms. The number of rotatable bonds is 9. The monoisotopic (exact) mass is 533 g/mol. The average Bonchev–Trinajstić information content (AvgIpc) is 2.89. The number of amides is 1. The van der Waals surface area contributed by atoms with Crippen LogP contribution < -0.4 is 19.5 Å². The normalized spacial score (nSPS) is 10.9. The minimum atomic E-state index is -4.06. The number of hydrogen-bond donors (Lipinski definition) is 2. The molecule has 0 aromatic heterocycles. The van der Waals surface area contributed by atoms with Crippen molar-refractivity contribution < 1.29 is 27.6 Å². The fraction of sp³-hybridized carbons (Fsp3) is 0.0741. The Morgan fingerprint density at radius 3 is 2.13 bits per heavy atom. The zero-order valence-electron chi connectivity index (χ0n) is 20.4. The van der Waals surface area contributed by atoms with E-state index in [1.54, 1.807) is 36.4 Å². The highest BCUT2D eigenvalue weighted by Gasteiger charge is 2.24. The maximum Gasteiger partial charge on any atom is 0.269 e. The number of sulfonamides is 1. The molecule has 0 aliphatic carbocycles. The first-order chi connectivity index (χ1) is 18.2. The Labute approximate surface area is 219 Å². The van der Waals surface area contributed by atoms with Crippen molar-refractivity contribution in [2.24, 2.45) is 0 Å². The molecular weight excluding hydrogens is 510 g/mol. The summed E-state index contributed by atoms with van der Waals surface area (Å²) in [6, 6.07) is 22.7. The molecule has 0 saturated carbocycles. The number of hydrogen-bond acceptors (Lipinski definition) is 7. The maximum atomic E-state index is 13.6. The number of nitrogens with zero attached hydrogens (tertiary/aromatic N) is 1. The summed E-state index contributed by atoms with van der Waals surface area (Å²) in [7, 11) is -2.61. The zero-order valence-corrected chi connectivity index (χ0v) is 21.2. The fourth-order valence-electron chi connectivity index (χ4n) is 3.55. The summed E-state index contributed by atoms with van der Waals surface area (Å²) in [5.74, 6) is -0.0409. The van der Waals surface area contributed by atoms with Gasteiger partial charge in [-0.25, -0.2) is 8.42 Å². The summed E-state index contributed by atoms with van der Waals surface area (Å²) in [6.07, 6.45) is 0. The highest BCUT2D eigenvalue weighted by molar-refractivity contribution is 7.92. The molecule has 0 atom stereocenters. The van der Waals surface area contributed by atoms with Crippen LogP contribution in [-0.4, -0.2) is 26.4 Å². The molecule has 0 aliphatic rings. The van der Waals surface area contributed by atoms with E-state index in [4.69, 9.17) is 9.47 Å². The van der Waals surface area contributed by atoms with Crippen molar-refractivity contribution in [1.82, 2.24) is 0 Å². The Balaban J connectivity index is 1.76. The number of nitro groups is 1. The topological polar surface area (TPSA) is 137 Å². The predicted octanol–water partition coefficient (Wildman–Crippen LogP) is 5.76. The highest BCUT2D eigenvalue weighted by Crippen LogP contribution is 2.34. The Kier molecular flexibility index (Phi) is 7.58. The molecule has 0 spiro atoms. The number of carbonyl (C=O) groups is 1. The van der Waals surface area contributed by atoms with Gasteiger partial charge < -0.3 is 14.8 Å². The van der Waals surface area contributed by atoms with Crippen molar-refractivity contribution in [3.63, 3.8) is 0 Å². The molecular formula is C27H23N3O7S. The van der Waals surface area contributed by atoms with Gasteiger partial charge in [0.1, 0.15) is 22.8 Å². The summed E-state index contributed by atoms with van der Waals surface area (Å²) < 4.78 is 40.0. The van der Waals surface area contributed by atoms with E-state index in [-0.39, 0.29) is 33.3 Å². The van der Waals surface area contributed by atoms with Gasteiger partial charge in [0, 0.05) is 12.1 Å². The fourth-order valence-corrected chi connectivity index (χ4v) is 4.62. The van der Waals surface area contributed by atoms with Gasteiger partial charge in [-0.3, -0.25) is 19.6 Å². The number of nitrogens with one attached hydrogen (secondary N) is 2. The molecule has 1 amide bonds. The van der Waals surface area contributed by atoms with Gasteiger partial charge in [-0.1, -0.05) is 35.9 Å². The van der Waals surface area contributed by atoms with Gasteiger partial charge in [-0.15, -0.1) is 0 Å². The second-order valence-corrected chi connectivity index (χ2v) is 9.79. The molecule has 0 saturated heterocycles. The number of methoxy groups -OCH3 is 1. The molecule has 11 heteroatoms. The molecule has 0 unspecified atom stereocenters. The Morgan fingerprint density at radius 1 is 0.842 bits per heavy atom. The van der Waals surface area contributed by atoms with Crippen LogP contribution in [0.5, 0.6) is 17.2 Å². The molecule has 0 bridgehead atoms. The minimum absolute atomic E-state index is 0.0147. The van der Waals surface area contributed by atoms with E-state index >= 15 is 0 Å². The van der Waals surface area contributed by atoms with Crippen LogP contribution in [0.2, 0.25) is 0 Å². The summed E-state index contributed by atoms with van der Waals surface area (Å²) in [5.41, 5.74) is 0.979. The van der Waals surface area contributed by atoms with Gasteiger partial charge >= 0.3 is 0 Å². The SMILES string of the molecule is COc1ccccc1NC(=O)c1c(NS(=O)(=O)c2ccc(C)cc2)cccc1Oc1ccc([N+](=O)[O-])cc1. The van der Waals surface area contributed by atoms with Crippen molar-refractivity contribution in [2.75, 3.05) is 17.1 Å². The van der Waals surface area contributed by atoms with Crippen LogP contribution in [-0.2, 0) is 10.0 Å². The number of carbonyl (C=O) groups excluding carboxylic acids is 1. The molecule has 0 radical (unpaired) electrons. The van der Waals surface area contributed by atoms with Gasteiger partial charge in [0.05, 0.1) is 28.3 Å². The third kappa shape index (κ3) is 5.90. The second-order valence-electron chi connectivity index (χ2n) is 8.10. The van der Waals surface area contributed by atoms with E-state index in [2.05, 4.69) is 10.0 Å². The van der Waals surface area contributed by atoms with E-state index in [0.717, 1.165) is 5.56 Å². The van der Waals surface area contributed by atoms with Crippen molar-refractivity contribution in [1.29, 1.82) is 0 Å². The van der Waals surface area contributed by atoms with Gasteiger partial charge in [-0.05, 0) is 55.5 Å². The molecule has 4 aromatic carbocycles. The lowest BCUT2D eigenvalue weighted by Gasteiger charge is -2.17. The number of non-ortho nitro benzene ring substituents is 1. The van der Waals surface area contributed by atoms with Crippen LogP contribution in [0.1, 0.15) is 15.9 Å². The first kappa shape index (κ1) is 26.2. The zero-order chi connectivity index (χ0) is 27.3. The standard InChI is InChI=1S/C27H23N3O7S/c1-18-10-16-21(17-11-18)38(34,35)29-23-7-5-9-25(37-20-14-12-19(13-15-20)30(32)33)26(23)27(31)28-22-6-3-4-8-24(22)36-2/h3-17,29H,1-2H3,(H,28,31). The number of anilines is 2. The van der Waals surface area contributed by atoms with Crippen LogP contribution in [0, 0.1) is 17.0 Å². The summed E-state index contributed by atoms with van der Waals surface area (Å²) >= 11 is 0. The Morgan fingerprint density at radius 2 is 1.47 bits per heavy atom. The molecule has 4 aromatic rings. The first-order valence-electron chi connectivity index (χ1n) is 11.3. The van der Waals surface area contributed by atoms with E-state index in [9.17, 15) is 23.3 Å².